The second-order valence-electron chi connectivity index (χ2n) is 7.05. The van der Waals surface area contributed by atoms with Gasteiger partial charge in [0.05, 0.1) is 24.5 Å². The van der Waals surface area contributed by atoms with Crippen LogP contribution in [-0.2, 0) is 14.3 Å². The van der Waals surface area contributed by atoms with E-state index >= 15 is 0 Å². The van der Waals surface area contributed by atoms with Gasteiger partial charge in [-0.25, -0.2) is 4.79 Å². The summed E-state index contributed by atoms with van der Waals surface area (Å²) in [4.78, 5) is 36.0. The van der Waals surface area contributed by atoms with Crippen molar-refractivity contribution in [3.63, 3.8) is 0 Å². The zero-order valence-electron chi connectivity index (χ0n) is 13.7. The maximum Gasteiger partial charge on any atom is 0.337 e. The van der Waals surface area contributed by atoms with Crippen LogP contribution in [0, 0.1) is 35.5 Å². The van der Waals surface area contributed by atoms with E-state index in [4.69, 9.17) is 0 Å². The van der Waals surface area contributed by atoms with Crippen LogP contribution in [0.25, 0.3) is 0 Å². The maximum atomic E-state index is 12.8. The summed E-state index contributed by atoms with van der Waals surface area (Å²) in [7, 11) is 1.31. The van der Waals surface area contributed by atoms with Crippen LogP contribution >= 0.6 is 0 Å². The van der Waals surface area contributed by atoms with E-state index < -0.39 is 23.8 Å². The van der Waals surface area contributed by atoms with Crippen molar-refractivity contribution in [1.82, 2.24) is 0 Å². The fourth-order valence-electron chi connectivity index (χ4n) is 4.60. The van der Waals surface area contributed by atoms with Crippen molar-refractivity contribution in [2.75, 3.05) is 12.4 Å². The number of ether oxygens (including phenoxy) is 1. The molecule has 25 heavy (non-hydrogen) atoms. The predicted molar refractivity (Wildman–Crippen MR) is 88.7 cm³/mol. The lowest BCUT2D eigenvalue weighted by Gasteiger charge is -2.41. The quantitative estimate of drug-likeness (QED) is 0.647. The van der Waals surface area contributed by atoms with Crippen LogP contribution in [0.2, 0.25) is 0 Å². The van der Waals surface area contributed by atoms with Gasteiger partial charge in [-0.3, -0.25) is 9.59 Å². The third kappa shape index (κ3) is 2.52. The third-order valence-corrected chi connectivity index (χ3v) is 5.81. The molecule has 0 heterocycles. The average Bonchev–Trinajstić information content (AvgIpc) is 3.43. The number of methoxy groups -OCH3 is 1. The maximum absolute atomic E-state index is 12.8. The smallest absolute Gasteiger partial charge is 0.337 e. The SMILES string of the molecule is COC(=O)c1ccc(NC(=O)[C@@H]2[C@H]3C=C[C@@H]([C@@H]4C[C@H]34)[C@@H]2C(=O)O)cc1. The summed E-state index contributed by atoms with van der Waals surface area (Å²) in [5, 5.41) is 12.5. The summed E-state index contributed by atoms with van der Waals surface area (Å²) < 4.78 is 4.64. The number of carbonyl (C=O) groups is 3. The van der Waals surface area contributed by atoms with E-state index in [0.29, 0.717) is 23.1 Å². The zero-order chi connectivity index (χ0) is 17.7. The molecule has 1 amide bonds. The fourth-order valence-corrected chi connectivity index (χ4v) is 4.60. The molecule has 0 unspecified atom stereocenters. The molecular weight excluding hydrogens is 322 g/mol. The van der Waals surface area contributed by atoms with Gasteiger partial charge in [0.2, 0.25) is 5.91 Å². The highest BCUT2D eigenvalue weighted by atomic mass is 16.5. The Morgan fingerprint density at radius 2 is 1.64 bits per heavy atom. The Kier molecular flexibility index (Phi) is 3.63. The van der Waals surface area contributed by atoms with Gasteiger partial charge in [0, 0.05) is 5.69 Å². The molecule has 2 N–H and O–H groups in total. The fraction of sp³-hybridized carbons (Fsp3) is 0.421. The number of carboxylic acid groups (broad SMARTS) is 1. The molecule has 0 saturated heterocycles. The standard InChI is InChI=1S/C19H19NO5/c1-25-19(24)9-2-4-10(5-3-9)20-17(21)15-11-6-7-12(14-8-13(11)14)16(15)18(22)23/h2-7,11-16H,8H2,1H3,(H,20,21)(H,22,23)/t11-,12-,13+,14-,15+,16-/m0/s1. The number of carboxylic acids is 1. The van der Waals surface area contributed by atoms with E-state index in [2.05, 4.69) is 10.1 Å². The highest BCUT2D eigenvalue weighted by molar-refractivity contribution is 5.97. The van der Waals surface area contributed by atoms with Gasteiger partial charge in [0.1, 0.15) is 0 Å². The number of benzene rings is 1. The normalized spacial score (nSPS) is 34.1. The molecule has 1 aromatic carbocycles. The molecule has 2 bridgehead atoms. The van der Waals surface area contributed by atoms with E-state index in [1.165, 1.54) is 7.11 Å². The van der Waals surface area contributed by atoms with Crippen LogP contribution in [0.4, 0.5) is 5.69 Å². The van der Waals surface area contributed by atoms with E-state index in [1.807, 2.05) is 12.2 Å². The first kappa shape index (κ1) is 15.9. The highest BCUT2D eigenvalue weighted by Crippen LogP contribution is 2.63. The minimum atomic E-state index is -0.897. The summed E-state index contributed by atoms with van der Waals surface area (Å²) in [6.07, 6.45) is 5.04. The molecule has 0 aliphatic heterocycles. The number of fused-ring (bicyclic) bond motifs is 1. The largest absolute Gasteiger partial charge is 0.481 e. The molecule has 4 aliphatic carbocycles. The van der Waals surface area contributed by atoms with Gasteiger partial charge in [0.15, 0.2) is 0 Å². The Labute approximate surface area is 144 Å². The number of hydrogen-bond acceptors (Lipinski definition) is 4. The van der Waals surface area contributed by atoms with Crippen molar-refractivity contribution in [3.8, 4) is 0 Å². The Balaban J connectivity index is 1.53. The van der Waals surface area contributed by atoms with Gasteiger partial charge in [-0.1, -0.05) is 12.2 Å². The molecule has 4 aliphatic rings. The molecule has 2 saturated carbocycles. The lowest BCUT2D eigenvalue weighted by Crippen LogP contribution is -2.48. The number of carbonyl (C=O) groups excluding carboxylic acids is 2. The Morgan fingerprint density at radius 1 is 1.04 bits per heavy atom. The summed E-state index contributed by atoms with van der Waals surface area (Å²) in [6, 6.07) is 6.38. The third-order valence-electron chi connectivity index (χ3n) is 5.81. The van der Waals surface area contributed by atoms with Crippen molar-refractivity contribution in [1.29, 1.82) is 0 Å². The average molecular weight is 341 g/mol. The minimum absolute atomic E-state index is 0.00504. The van der Waals surface area contributed by atoms with Crippen LogP contribution < -0.4 is 5.32 Å². The lowest BCUT2D eigenvalue weighted by atomic mass is 9.62. The number of anilines is 1. The van der Waals surface area contributed by atoms with Crippen LogP contribution in [0.3, 0.4) is 0 Å². The molecule has 0 aromatic heterocycles. The van der Waals surface area contributed by atoms with E-state index in [-0.39, 0.29) is 17.7 Å². The molecule has 5 rings (SSSR count). The van der Waals surface area contributed by atoms with Crippen molar-refractivity contribution < 1.29 is 24.2 Å². The topological polar surface area (TPSA) is 92.7 Å². The number of aliphatic carboxylic acids is 1. The van der Waals surface area contributed by atoms with Crippen molar-refractivity contribution in [3.05, 3.63) is 42.0 Å². The number of rotatable bonds is 4. The zero-order valence-corrected chi connectivity index (χ0v) is 13.7. The van der Waals surface area contributed by atoms with Crippen LogP contribution in [0.1, 0.15) is 16.8 Å². The number of hydrogen-bond donors (Lipinski definition) is 2. The van der Waals surface area contributed by atoms with Crippen LogP contribution in [0.5, 0.6) is 0 Å². The van der Waals surface area contributed by atoms with E-state index in [0.717, 1.165) is 6.42 Å². The predicted octanol–water partition coefficient (Wildman–Crippen LogP) is 2.18. The molecule has 6 nitrogen and oxygen atoms in total. The van der Waals surface area contributed by atoms with Gasteiger partial charge in [-0.15, -0.1) is 0 Å². The summed E-state index contributed by atoms with van der Waals surface area (Å²) in [5.41, 5.74) is 0.934. The molecule has 6 heteroatoms. The van der Waals surface area contributed by atoms with Crippen molar-refractivity contribution in [2.24, 2.45) is 35.5 Å². The van der Waals surface area contributed by atoms with Gasteiger partial charge in [-0.2, -0.15) is 0 Å². The number of nitrogens with one attached hydrogen (secondary N) is 1. The van der Waals surface area contributed by atoms with Crippen molar-refractivity contribution in [2.45, 2.75) is 6.42 Å². The van der Waals surface area contributed by atoms with Gasteiger partial charge in [-0.05, 0) is 54.4 Å². The van der Waals surface area contributed by atoms with Crippen LogP contribution in [0.15, 0.2) is 36.4 Å². The second kappa shape index (κ2) is 5.72. The Hall–Kier alpha value is -2.63. The van der Waals surface area contributed by atoms with Crippen molar-refractivity contribution >= 4 is 23.5 Å². The van der Waals surface area contributed by atoms with Crippen LogP contribution in [-0.4, -0.2) is 30.1 Å². The molecule has 0 spiro atoms. The van der Waals surface area contributed by atoms with E-state index in [9.17, 15) is 19.5 Å². The van der Waals surface area contributed by atoms with Gasteiger partial charge < -0.3 is 15.2 Å². The summed E-state index contributed by atoms with van der Waals surface area (Å²) in [6.45, 7) is 0. The second-order valence-corrected chi connectivity index (χ2v) is 7.05. The summed E-state index contributed by atoms with van der Waals surface area (Å²) >= 11 is 0. The monoisotopic (exact) mass is 341 g/mol. The number of amides is 1. The summed E-state index contributed by atoms with van der Waals surface area (Å²) in [5.74, 6) is -1.96. The molecule has 6 atom stereocenters. The van der Waals surface area contributed by atoms with Gasteiger partial charge >= 0.3 is 11.9 Å². The first-order chi connectivity index (χ1) is 12.0. The highest BCUT2D eigenvalue weighted by Gasteiger charge is 2.62. The number of allylic oxidation sites excluding steroid dienone is 2. The first-order valence-electron chi connectivity index (χ1n) is 8.41. The Morgan fingerprint density at radius 3 is 2.20 bits per heavy atom. The lowest BCUT2D eigenvalue weighted by molar-refractivity contribution is -0.152. The number of esters is 1. The first-order valence-corrected chi connectivity index (χ1v) is 8.41. The molecule has 2 fully saturated rings. The van der Waals surface area contributed by atoms with E-state index in [1.54, 1.807) is 24.3 Å². The molecule has 1 aromatic rings. The minimum Gasteiger partial charge on any atom is -0.481 e. The molecular formula is C19H19NO5. The Bertz CT molecular complexity index is 769. The van der Waals surface area contributed by atoms with Gasteiger partial charge in [0.25, 0.3) is 0 Å². The molecule has 130 valence electrons. The molecule has 0 radical (unpaired) electrons.